The standard InChI is InChI=1S/C22H34N2O.ClH/c1-4-19(25)17-23-13-15-24(16-14-23)21-8-6-5-7-20(21)18-9-11-22(2,3)12-10-18;/h5-8,18H,4,9-17H2,1-3H3;1H. The van der Waals surface area contributed by atoms with E-state index in [4.69, 9.17) is 0 Å². The maximum absolute atomic E-state index is 11.7. The first-order valence-corrected chi connectivity index (χ1v) is 10.1. The van der Waals surface area contributed by atoms with Crippen molar-refractivity contribution in [1.82, 2.24) is 4.90 Å². The maximum atomic E-state index is 11.7. The Kier molecular flexibility index (Phi) is 7.54. The van der Waals surface area contributed by atoms with Crippen LogP contribution in [0.15, 0.2) is 24.3 Å². The molecular weight excluding hydrogens is 344 g/mol. The SMILES string of the molecule is CCC(=O)CN1CCN(c2ccccc2C2CCC(C)(C)CC2)CC1.Cl. The lowest BCUT2D eigenvalue weighted by atomic mass is 9.71. The Balaban J connectivity index is 0.00000243. The van der Waals surface area contributed by atoms with Gasteiger partial charge < -0.3 is 4.90 Å². The molecule has 0 atom stereocenters. The number of carbonyl (C=O) groups is 1. The Morgan fingerprint density at radius 3 is 2.31 bits per heavy atom. The molecule has 26 heavy (non-hydrogen) atoms. The topological polar surface area (TPSA) is 23.6 Å². The van der Waals surface area contributed by atoms with Crippen molar-refractivity contribution in [1.29, 1.82) is 0 Å². The smallest absolute Gasteiger partial charge is 0.146 e. The number of para-hydroxylation sites is 1. The molecule has 1 saturated heterocycles. The second kappa shape index (κ2) is 9.23. The van der Waals surface area contributed by atoms with Gasteiger partial charge in [-0.2, -0.15) is 0 Å². The number of carbonyl (C=O) groups excluding carboxylic acids is 1. The van der Waals surface area contributed by atoms with Gasteiger partial charge in [0.15, 0.2) is 0 Å². The van der Waals surface area contributed by atoms with E-state index < -0.39 is 0 Å². The number of anilines is 1. The number of Topliss-reactive ketones (excluding diaryl/α,β-unsaturated/α-hetero) is 1. The highest BCUT2D eigenvalue weighted by atomic mass is 35.5. The van der Waals surface area contributed by atoms with Gasteiger partial charge in [-0.25, -0.2) is 0 Å². The van der Waals surface area contributed by atoms with Crippen LogP contribution in [0.5, 0.6) is 0 Å². The van der Waals surface area contributed by atoms with Crippen LogP contribution in [-0.2, 0) is 4.79 Å². The van der Waals surface area contributed by atoms with Crippen LogP contribution < -0.4 is 4.90 Å². The van der Waals surface area contributed by atoms with Crippen molar-refractivity contribution in [3.05, 3.63) is 29.8 Å². The van der Waals surface area contributed by atoms with Crippen molar-refractivity contribution < 1.29 is 4.79 Å². The minimum absolute atomic E-state index is 0. The summed E-state index contributed by atoms with van der Waals surface area (Å²) in [4.78, 5) is 16.5. The summed E-state index contributed by atoms with van der Waals surface area (Å²) in [5.74, 6) is 1.07. The van der Waals surface area contributed by atoms with Crippen molar-refractivity contribution in [3.8, 4) is 0 Å². The van der Waals surface area contributed by atoms with E-state index in [9.17, 15) is 4.79 Å². The van der Waals surface area contributed by atoms with Crippen LogP contribution in [0.25, 0.3) is 0 Å². The van der Waals surface area contributed by atoms with Crippen molar-refractivity contribution in [2.24, 2.45) is 5.41 Å². The van der Waals surface area contributed by atoms with Crippen LogP contribution in [0.1, 0.15) is 64.4 Å². The maximum Gasteiger partial charge on any atom is 0.146 e. The second-order valence-corrected chi connectivity index (χ2v) is 8.65. The Labute approximate surface area is 165 Å². The highest BCUT2D eigenvalue weighted by molar-refractivity contribution is 5.85. The average Bonchev–Trinajstić information content (AvgIpc) is 2.62. The van der Waals surface area contributed by atoms with Crippen molar-refractivity contribution in [3.63, 3.8) is 0 Å². The Bertz CT molecular complexity index is 584. The Morgan fingerprint density at radius 2 is 1.69 bits per heavy atom. The Hall–Kier alpha value is -1.06. The first-order valence-electron chi connectivity index (χ1n) is 10.1. The number of hydrogen-bond acceptors (Lipinski definition) is 3. The van der Waals surface area contributed by atoms with Gasteiger partial charge in [0, 0.05) is 38.3 Å². The fourth-order valence-electron chi connectivity index (χ4n) is 4.34. The van der Waals surface area contributed by atoms with Crippen molar-refractivity contribution >= 4 is 23.9 Å². The number of benzene rings is 1. The number of piperazine rings is 1. The summed E-state index contributed by atoms with van der Waals surface area (Å²) in [6.45, 7) is 11.5. The molecule has 1 aromatic rings. The molecule has 0 amide bonds. The largest absolute Gasteiger partial charge is 0.369 e. The lowest BCUT2D eigenvalue weighted by molar-refractivity contribution is -0.119. The molecule has 146 valence electrons. The molecule has 1 aliphatic heterocycles. The molecule has 1 saturated carbocycles. The van der Waals surface area contributed by atoms with Gasteiger partial charge in [0.2, 0.25) is 0 Å². The molecule has 0 N–H and O–H groups in total. The zero-order valence-corrected chi connectivity index (χ0v) is 17.5. The molecule has 0 unspecified atom stereocenters. The van der Waals surface area contributed by atoms with Crippen LogP contribution >= 0.6 is 12.4 Å². The molecule has 0 spiro atoms. The van der Waals surface area contributed by atoms with Crippen LogP contribution in [0.2, 0.25) is 0 Å². The Morgan fingerprint density at radius 1 is 1.08 bits per heavy atom. The molecular formula is C22H35ClN2O. The van der Waals surface area contributed by atoms with E-state index in [0.717, 1.165) is 26.2 Å². The number of ketones is 1. The summed E-state index contributed by atoms with van der Waals surface area (Å²) in [6.07, 6.45) is 5.95. The van der Waals surface area contributed by atoms with Gasteiger partial charge in [-0.05, 0) is 48.6 Å². The van der Waals surface area contributed by atoms with E-state index in [1.54, 1.807) is 5.56 Å². The molecule has 0 aromatic heterocycles. The summed E-state index contributed by atoms with van der Waals surface area (Å²) in [5.41, 5.74) is 3.51. The third-order valence-electron chi connectivity index (χ3n) is 6.22. The predicted molar refractivity (Wildman–Crippen MR) is 113 cm³/mol. The first kappa shape index (κ1) is 21.2. The highest BCUT2D eigenvalue weighted by Crippen LogP contribution is 2.44. The quantitative estimate of drug-likeness (QED) is 0.728. The van der Waals surface area contributed by atoms with Gasteiger partial charge in [-0.1, -0.05) is 39.0 Å². The first-order chi connectivity index (χ1) is 12.0. The van der Waals surface area contributed by atoms with Gasteiger partial charge in [0.1, 0.15) is 5.78 Å². The fourth-order valence-corrected chi connectivity index (χ4v) is 4.34. The molecule has 2 fully saturated rings. The van der Waals surface area contributed by atoms with Gasteiger partial charge in [0.05, 0.1) is 6.54 Å². The van der Waals surface area contributed by atoms with E-state index in [-0.39, 0.29) is 12.4 Å². The number of hydrogen-bond donors (Lipinski definition) is 0. The summed E-state index contributed by atoms with van der Waals surface area (Å²) < 4.78 is 0. The monoisotopic (exact) mass is 378 g/mol. The molecule has 3 rings (SSSR count). The van der Waals surface area contributed by atoms with Gasteiger partial charge in [-0.15, -0.1) is 12.4 Å². The van der Waals surface area contributed by atoms with E-state index in [0.29, 0.717) is 30.1 Å². The van der Waals surface area contributed by atoms with E-state index in [1.165, 1.54) is 31.4 Å². The lowest BCUT2D eigenvalue weighted by Gasteiger charge is -2.39. The molecule has 3 nitrogen and oxygen atoms in total. The minimum atomic E-state index is 0. The molecule has 1 heterocycles. The van der Waals surface area contributed by atoms with Crippen LogP contribution in [0.4, 0.5) is 5.69 Å². The average molecular weight is 379 g/mol. The second-order valence-electron chi connectivity index (χ2n) is 8.65. The highest BCUT2D eigenvalue weighted by Gasteiger charge is 2.30. The predicted octanol–water partition coefficient (Wildman–Crippen LogP) is 4.89. The zero-order chi connectivity index (χ0) is 17.9. The third-order valence-corrected chi connectivity index (χ3v) is 6.22. The summed E-state index contributed by atoms with van der Waals surface area (Å²) in [5, 5.41) is 0. The summed E-state index contributed by atoms with van der Waals surface area (Å²) >= 11 is 0. The number of halogens is 1. The molecule has 0 radical (unpaired) electrons. The summed E-state index contributed by atoms with van der Waals surface area (Å²) in [6, 6.07) is 9.04. The van der Waals surface area contributed by atoms with Gasteiger partial charge in [-0.3, -0.25) is 9.69 Å². The van der Waals surface area contributed by atoms with Crippen LogP contribution in [0, 0.1) is 5.41 Å². The van der Waals surface area contributed by atoms with E-state index in [2.05, 4.69) is 47.9 Å². The molecule has 0 bridgehead atoms. The normalized spacial score (nSPS) is 21.3. The van der Waals surface area contributed by atoms with Gasteiger partial charge >= 0.3 is 0 Å². The van der Waals surface area contributed by atoms with E-state index in [1.807, 2.05) is 6.92 Å². The molecule has 1 aliphatic carbocycles. The number of rotatable bonds is 5. The molecule has 4 heteroatoms. The molecule has 2 aliphatic rings. The number of nitrogens with zero attached hydrogens (tertiary/aromatic N) is 2. The third kappa shape index (κ3) is 5.23. The van der Waals surface area contributed by atoms with Crippen LogP contribution in [0.3, 0.4) is 0 Å². The van der Waals surface area contributed by atoms with Crippen molar-refractivity contribution in [2.75, 3.05) is 37.6 Å². The molecule has 1 aromatic carbocycles. The fraction of sp³-hybridized carbons (Fsp3) is 0.682. The van der Waals surface area contributed by atoms with Crippen molar-refractivity contribution in [2.45, 2.75) is 58.8 Å². The van der Waals surface area contributed by atoms with Crippen LogP contribution in [-0.4, -0.2) is 43.4 Å². The summed E-state index contributed by atoms with van der Waals surface area (Å²) in [7, 11) is 0. The lowest BCUT2D eigenvalue weighted by Crippen LogP contribution is -2.48. The van der Waals surface area contributed by atoms with Gasteiger partial charge in [0.25, 0.3) is 0 Å². The van der Waals surface area contributed by atoms with E-state index >= 15 is 0 Å². The minimum Gasteiger partial charge on any atom is -0.369 e. The zero-order valence-electron chi connectivity index (χ0n) is 16.7.